The van der Waals surface area contributed by atoms with E-state index in [1.54, 1.807) is 0 Å². The van der Waals surface area contributed by atoms with Crippen LogP contribution in [0.2, 0.25) is 0 Å². The van der Waals surface area contributed by atoms with Crippen molar-refractivity contribution >= 4 is 0 Å². The maximum Gasteiger partial charge on any atom is 0.0950 e. The van der Waals surface area contributed by atoms with Gasteiger partial charge in [0.1, 0.15) is 0 Å². The van der Waals surface area contributed by atoms with E-state index in [0.717, 1.165) is 31.8 Å². The van der Waals surface area contributed by atoms with Crippen molar-refractivity contribution in [3.8, 4) is 0 Å². The van der Waals surface area contributed by atoms with Gasteiger partial charge in [0.05, 0.1) is 18.5 Å². The minimum Gasteiger partial charge on any atom is -0.498 e. The lowest BCUT2D eigenvalue weighted by atomic mass is 9.79. The number of rotatable bonds is 4. The molecule has 2 nitrogen and oxygen atoms in total. The highest BCUT2D eigenvalue weighted by Gasteiger charge is 2.29. The predicted molar refractivity (Wildman–Crippen MR) is 58.1 cm³/mol. The minimum absolute atomic E-state index is 0.241. The van der Waals surface area contributed by atoms with E-state index < -0.39 is 0 Å². The smallest absolute Gasteiger partial charge is 0.0950 e. The summed E-state index contributed by atoms with van der Waals surface area (Å²) in [4.78, 5) is 0. The molecule has 1 aliphatic rings. The quantitative estimate of drug-likeness (QED) is 0.691. The predicted octanol–water partition coefficient (Wildman–Crippen LogP) is 3.13. The Morgan fingerprint density at radius 1 is 1.36 bits per heavy atom. The Morgan fingerprint density at radius 2 is 2.07 bits per heavy atom. The lowest BCUT2D eigenvalue weighted by Crippen LogP contribution is -2.27. The molecular weight excluding hydrogens is 176 g/mol. The van der Waals surface area contributed by atoms with Crippen LogP contribution in [0.4, 0.5) is 0 Å². The second-order valence-electron chi connectivity index (χ2n) is 4.60. The molecule has 0 aromatic rings. The van der Waals surface area contributed by atoms with E-state index in [0.29, 0.717) is 5.41 Å². The average molecular weight is 198 g/mol. The molecule has 0 radical (unpaired) electrons. The van der Waals surface area contributed by atoms with Crippen molar-refractivity contribution in [1.29, 1.82) is 0 Å². The van der Waals surface area contributed by atoms with E-state index in [1.165, 1.54) is 0 Å². The first-order valence-corrected chi connectivity index (χ1v) is 5.52. The summed E-state index contributed by atoms with van der Waals surface area (Å²) >= 11 is 0. The highest BCUT2D eigenvalue weighted by atomic mass is 16.5. The van der Waals surface area contributed by atoms with Gasteiger partial charge in [-0.25, -0.2) is 0 Å². The lowest BCUT2D eigenvalue weighted by Gasteiger charge is -2.33. The van der Waals surface area contributed by atoms with E-state index in [9.17, 15) is 0 Å². The van der Waals surface area contributed by atoms with E-state index in [2.05, 4.69) is 19.9 Å². The first-order valence-electron chi connectivity index (χ1n) is 5.52. The van der Waals surface area contributed by atoms with Gasteiger partial charge in [0.15, 0.2) is 0 Å². The molecular formula is C12H22O2. The molecule has 1 unspecified atom stereocenters. The summed E-state index contributed by atoms with van der Waals surface area (Å²) in [6, 6.07) is 0. The molecule has 0 aromatic heterocycles. The van der Waals surface area contributed by atoms with Crippen LogP contribution in [0.15, 0.2) is 11.8 Å². The molecule has 0 bridgehead atoms. The molecule has 1 atom stereocenters. The van der Waals surface area contributed by atoms with Crippen LogP contribution in [0.5, 0.6) is 0 Å². The Bertz CT molecular complexity index is 206. The van der Waals surface area contributed by atoms with Gasteiger partial charge in [0, 0.05) is 13.0 Å². The third-order valence-corrected chi connectivity index (χ3v) is 2.49. The highest BCUT2D eigenvalue weighted by molar-refractivity contribution is 5.07. The van der Waals surface area contributed by atoms with Gasteiger partial charge >= 0.3 is 0 Å². The molecule has 0 N–H and O–H groups in total. The summed E-state index contributed by atoms with van der Waals surface area (Å²) in [5.41, 5.74) is 0.305. The zero-order valence-electron chi connectivity index (χ0n) is 9.80. The fourth-order valence-corrected chi connectivity index (χ4v) is 2.02. The SMILES string of the molecule is CCOC1=CC(OCC)CC(C)(C)C1. The Morgan fingerprint density at radius 3 is 2.64 bits per heavy atom. The monoisotopic (exact) mass is 198 g/mol. The summed E-state index contributed by atoms with van der Waals surface area (Å²) in [7, 11) is 0. The van der Waals surface area contributed by atoms with Gasteiger partial charge in [-0.15, -0.1) is 0 Å². The zero-order valence-corrected chi connectivity index (χ0v) is 9.80. The summed E-state index contributed by atoms with van der Waals surface area (Å²) in [5.74, 6) is 1.10. The normalized spacial score (nSPS) is 25.7. The van der Waals surface area contributed by atoms with Crippen molar-refractivity contribution < 1.29 is 9.47 Å². The summed E-state index contributed by atoms with van der Waals surface area (Å²) < 4.78 is 11.2. The molecule has 0 fully saturated rings. The van der Waals surface area contributed by atoms with E-state index in [1.807, 2.05) is 13.8 Å². The molecule has 0 heterocycles. The zero-order chi connectivity index (χ0) is 10.6. The lowest BCUT2D eigenvalue weighted by molar-refractivity contribution is 0.0389. The van der Waals surface area contributed by atoms with Crippen molar-refractivity contribution in [2.75, 3.05) is 13.2 Å². The Labute approximate surface area is 87.3 Å². The summed E-state index contributed by atoms with van der Waals surface area (Å²) in [6.45, 7) is 10.1. The van der Waals surface area contributed by atoms with Crippen LogP contribution in [-0.4, -0.2) is 19.3 Å². The standard InChI is InChI=1S/C12H22O2/c1-5-13-10-7-11(14-6-2)9-12(3,4)8-10/h7,10H,5-6,8-9H2,1-4H3. The van der Waals surface area contributed by atoms with Crippen LogP contribution < -0.4 is 0 Å². The molecule has 0 saturated heterocycles. The molecule has 14 heavy (non-hydrogen) atoms. The number of ether oxygens (including phenoxy) is 2. The van der Waals surface area contributed by atoms with E-state index in [-0.39, 0.29) is 6.10 Å². The fourth-order valence-electron chi connectivity index (χ4n) is 2.02. The fraction of sp³-hybridized carbons (Fsp3) is 0.833. The molecule has 1 rings (SSSR count). The molecule has 0 spiro atoms. The second kappa shape index (κ2) is 4.83. The highest BCUT2D eigenvalue weighted by Crippen LogP contribution is 2.36. The summed E-state index contributed by atoms with van der Waals surface area (Å²) in [5, 5.41) is 0. The first kappa shape index (κ1) is 11.6. The molecule has 1 aliphatic carbocycles. The van der Waals surface area contributed by atoms with Gasteiger partial charge in [-0.1, -0.05) is 13.8 Å². The summed E-state index contributed by atoms with van der Waals surface area (Å²) in [6.07, 6.45) is 4.50. The van der Waals surface area contributed by atoms with Gasteiger partial charge in [-0.2, -0.15) is 0 Å². The molecule has 0 amide bonds. The van der Waals surface area contributed by atoms with Crippen LogP contribution in [0.1, 0.15) is 40.5 Å². The van der Waals surface area contributed by atoms with Crippen molar-refractivity contribution in [2.24, 2.45) is 5.41 Å². The molecule has 2 heteroatoms. The largest absolute Gasteiger partial charge is 0.498 e. The third-order valence-electron chi connectivity index (χ3n) is 2.49. The van der Waals surface area contributed by atoms with Gasteiger partial charge in [-0.05, 0) is 31.8 Å². The molecule has 0 saturated carbocycles. The van der Waals surface area contributed by atoms with Gasteiger partial charge in [-0.3, -0.25) is 0 Å². The van der Waals surface area contributed by atoms with Crippen molar-refractivity contribution in [2.45, 2.75) is 46.6 Å². The van der Waals surface area contributed by atoms with Crippen LogP contribution >= 0.6 is 0 Å². The van der Waals surface area contributed by atoms with Crippen LogP contribution in [-0.2, 0) is 9.47 Å². The number of allylic oxidation sites excluding steroid dienone is 1. The average Bonchev–Trinajstić information content (AvgIpc) is 2.01. The molecule has 0 aliphatic heterocycles. The Kier molecular flexibility index (Phi) is 3.99. The van der Waals surface area contributed by atoms with Crippen molar-refractivity contribution in [1.82, 2.24) is 0 Å². The Balaban J connectivity index is 2.64. The third kappa shape index (κ3) is 3.33. The maximum absolute atomic E-state index is 5.64. The van der Waals surface area contributed by atoms with Crippen LogP contribution in [0.25, 0.3) is 0 Å². The van der Waals surface area contributed by atoms with Crippen LogP contribution in [0, 0.1) is 5.41 Å². The van der Waals surface area contributed by atoms with Crippen molar-refractivity contribution in [3.63, 3.8) is 0 Å². The topological polar surface area (TPSA) is 18.5 Å². The van der Waals surface area contributed by atoms with Gasteiger partial charge in [0.25, 0.3) is 0 Å². The molecule has 0 aromatic carbocycles. The maximum atomic E-state index is 5.64. The number of hydrogen-bond donors (Lipinski definition) is 0. The van der Waals surface area contributed by atoms with E-state index >= 15 is 0 Å². The minimum atomic E-state index is 0.241. The van der Waals surface area contributed by atoms with Crippen molar-refractivity contribution in [3.05, 3.63) is 11.8 Å². The molecule has 82 valence electrons. The second-order valence-corrected chi connectivity index (χ2v) is 4.60. The van der Waals surface area contributed by atoms with Gasteiger partial charge in [0.2, 0.25) is 0 Å². The number of hydrogen-bond acceptors (Lipinski definition) is 2. The van der Waals surface area contributed by atoms with Gasteiger partial charge < -0.3 is 9.47 Å². The van der Waals surface area contributed by atoms with E-state index in [4.69, 9.17) is 9.47 Å². The Hall–Kier alpha value is -0.500. The first-order chi connectivity index (χ1) is 6.57. The van der Waals surface area contributed by atoms with Crippen LogP contribution in [0.3, 0.4) is 0 Å².